The Morgan fingerprint density at radius 1 is 1.05 bits per heavy atom. The van der Waals surface area contributed by atoms with Crippen molar-refractivity contribution in [2.24, 2.45) is 5.73 Å². The van der Waals surface area contributed by atoms with Crippen LogP contribution >= 0.6 is 11.6 Å². The van der Waals surface area contributed by atoms with E-state index in [1.54, 1.807) is 36.2 Å². The average molecular weight is 605 g/mol. The number of amides is 4. The predicted octanol–water partition coefficient (Wildman–Crippen LogP) is 1.84. The summed E-state index contributed by atoms with van der Waals surface area (Å²) < 4.78 is 29.0. The number of rotatable bonds is 8. The van der Waals surface area contributed by atoms with Gasteiger partial charge in [-0.3, -0.25) is 14.5 Å². The maximum absolute atomic E-state index is 13.4. The quantitative estimate of drug-likeness (QED) is 0.472. The summed E-state index contributed by atoms with van der Waals surface area (Å²) in [5.41, 5.74) is 5.43. The van der Waals surface area contributed by atoms with E-state index in [0.29, 0.717) is 49.4 Å². The molecule has 0 aromatic heterocycles. The second-order valence-corrected chi connectivity index (χ2v) is 13.4. The standard InChI is InChI=1S/C28H37ClN6O5S/c1-32(28(30)38)22-10-13-33(16-22)17-23-4-2-12-35(23)26(36)18-34-11-3-5-25(27(34)37)31-41(39,40)24-9-7-19-6-8-21(29)14-20(19)15-24/h6-9,14-15,22-23,25,31H,2-5,10-13,16-18H2,1H3,(H2,30,38). The Kier molecular flexibility index (Phi) is 8.74. The van der Waals surface area contributed by atoms with Gasteiger partial charge >= 0.3 is 6.03 Å². The maximum Gasteiger partial charge on any atom is 0.314 e. The fraction of sp³-hybridized carbons (Fsp3) is 0.536. The highest BCUT2D eigenvalue weighted by Crippen LogP contribution is 2.25. The number of halogens is 1. The van der Waals surface area contributed by atoms with E-state index < -0.39 is 22.1 Å². The summed E-state index contributed by atoms with van der Waals surface area (Å²) in [6, 6.07) is 8.74. The van der Waals surface area contributed by atoms with Crippen molar-refractivity contribution in [3.63, 3.8) is 0 Å². The number of likely N-dealkylation sites (tertiary alicyclic amines) is 3. The maximum atomic E-state index is 13.4. The minimum Gasteiger partial charge on any atom is -0.351 e. The second-order valence-electron chi connectivity index (χ2n) is 11.3. The number of benzene rings is 2. The van der Waals surface area contributed by atoms with Crippen LogP contribution in [0.15, 0.2) is 41.3 Å². The third kappa shape index (κ3) is 6.61. The van der Waals surface area contributed by atoms with E-state index >= 15 is 0 Å². The first-order valence-electron chi connectivity index (χ1n) is 14.1. The molecule has 3 N–H and O–H groups in total. The average Bonchev–Trinajstić information content (AvgIpc) is 3.60. The minimum atomic E-state index is -3.98. The Balaban J connectivity index is 1.19. The van der Waals surface area contributed by atoms with Crippen molar-refractivity contribution in [1.29, 1.82) is 0 Å². The monoisotopic (exact) mass is 604 g/mol. The molecule has 0 bridgehead atoms. The number of sulfonamides is 1. The van der Waals surface area contributed by atoms with Crippen LogP contribution in [0, 0.1) is 0 Å². The van der Waals surface area contributed by atoms with E-state index in [9.17, 15) is 22.8 Å². The highest BCUT2D eigenvalue weighted by Gasteiger charge is 2.37. The molecule has 3 aliphatic heterocycles. The van der Waals surface area contributed by atoms with Crippen LogP contribution < -0.4 is 10.5 Å². The molecule has 0 spiro atoms. The number of nitrogens with one attached hydrogen (secondary N) is 1. The van der Waals surface area contributed by atoms with Gasteiger partial charge in [0.15, 0.2) is 0 Å². The van der Waals surface area contributed by atoms with Crippen LogP contribution in [-0.4, -0.2) is 110 Å². The number of hydrogen-bond acceptors (Lipinski definition) is 6. The number of carbonyl (C=O) groups excluding carboxylic acids is 3. The molecule has 3 unspecified atom stereocenters. The number of fused-ring (bicyclic) bond motifs is 1. The molecule has 3 heterocycles. The van der Waals surface area contributed by atoms with Crippen molar-refractivity contribution in [3.05, 3.63) is 41.4 Å². The molecule has 13 heteroatoms. The molecule has 4 amide bonds. The van der Waals surface area contributed by atoms with Crippen molar-refractivity contribution in [1.82, 2.24) is 24.3 Å². The summed E-state index contributed by atoms with van der Waals surface area (Å²) in [5.74, 6) is -0.509. The molecule has 41 heavy (non-hydrogen) atoms. The third-order valence-electron chi connectivity index (χ3n) is 8.55. The molecule has 11 nitrogen and oxygen atoms in total. The molecular formula is C28H37ClN6O5S. The van der Waals surface area contributed by atoms with Crippen molar-refractivity contribution in [3.8, 4) is 0 Å². The van der Waals surface area contributed by atoms with Gasteiger partial charge in [-0.25, -0.2) is 13.2 Å². The van der Waals surface area contributed by atoms with E-state index in [-0.39, 0.29) is 35.3 Å². The van der Waals surface area contributed by atoms with Gasteiger partial charge in [0.05, 0.1) is 11.4 Å². The number of carbonyl (C=O) groups is 3. The van der Waals surface area contributed by atoms with E-state index in [1.807, 2.05) is 11.0 Å². The molecule has 0 saturated carbocycles. The first-order chi connectivity index (χ1) is 19.5. The van der Waals surface area contributed by atoms with Crippen molar-refractivity contribution < 1.29 is 22.8 Å². The van der Waals surface area contributed by atoms with Crippen molar-refractivity contribution in [2.45, 2.75) is 55.1 Å². The normalized spacial score (nSPS) is 23.9. The van der Waals surface area contributed by atoms with E-state index in [2.05, 4.69) is 9.62 Å². The Labute approximate surface area is 245 Å². The summed E-state index contributed by atoms with van der Waals surface area (Å²) in [6.07, 6.45) is 3.57. The number of urea groups is 1. The van der Waals surface area contributed by atoms with Crippen LogP contribution in [0.1, 0.15) is 32.1 Å². The smallest absolute Gasteiger partial charge is 0.314 e. The fourth-order valence-corrected chi connectivity index (χ4v) is 7.64. The fourth-order valence-electron chi connectivity index (χ4n) is 6.20. The Bertz CT molecular complexity index is 1440. The van der Waals surface area contributed by atoms with Gasteiger partial charge in [-0.05, 0) is 67.1 Å². The predicted molar refractivity (Wildman–Crippen MR) is 156 cm³/mol. The SMILES string of the molecule is CN(C(N)=O)C1CCN(CC2CCCN2C(=O)CN2CCCC(NS(=O)(=O)c3ccc4ccc(Cl)cc4c3)C2=O)C1. The first kappa shape index (κ1) is 29.6. The Hall–Kier alpha value is -2.93. The minimum absolute atomic E-state index is 0.0377. The van der Waals surface area contributed by atoms with Gasteiger partial charge in [-0.2, -0.15) is 4.72 Å². The van der Waals surface area contributed by atoms with E-state index in [0.717, 1.165) is 31.2 Å². The third-order valence-corrected chi connectivity index (χ3v) is 10.3. The molecule has 3 atom stereocenters. The van der Waals surface area contributed by atoms with E-state index in [1.165, 1.54) is 11.0 Å². The van der Waals surface area contributed by atoms with Crippen LogP contribution in [-0.2, 0) is 19.6 Å². The zero-order valence-electron chi connectivity index (χ0n) is 23.2. The molecule has 3 fully saturated rings. The van der Waals surface area contributed by atoms with Crippen molar-refractivity contribution in [2.75, 3.05) is 46.3 Å². The molecule has 222 valence electrons. The molecule has 5 rings (SSSR count). The number of piperidine rings is 1. The zero-order chi connectivity index (χ0) is 29.3. The molecule has 0 radical (unpaired) electrons. The summed E-state index contributed by atoms with van der Waals surface area (Å²) in [4.78, 5) is 45.4. The number of hydrogen-bond donors (Lipinski definition) is 2. The van der Waals surface area contributed by atoms with Crippen molar-refractivity contribution >= 4 is 50.2 Å². The van der Waals surface area contributed by atoms with Gasteiger partial charge < -0.3 is 20.4 Å². The molecule has 3 aliphatic rings. The molecular weight excluding hydrogens is 568 g/mol. The number of nitrogens with zero attached hydrogens (tertiary/aromatic N) is 4. The van der Waals surface area contributed by atoms with Crippen LogP contribution in [0.4, 0.5) is 4.79 Å². The second kappa shape index (κ2) is 12.1. The molecule has 2 aromatic carbocycles. The highest BCUT2D eigenvalue weighted by atomic mass is 35.5. The highest BCUT2D eigenvalue weighted by molar-refractivity contribution is 7.89. The van der Waals surface area contributed by atoms with E-state index in [4.69, 9.17) is 17.3 Å². The molecule has 2 aromatic rings. The lowest BCUT2D eigenvalue weighted by Gasteiger charge is -2.35. The molecule has 0 aliphatic carbocycles. The number of nitrogens with two attached hydrogens (primary N) is 1. The van der Waals surface area contributed by atoms with Gasteiger partial charge in [0.25, 0.3) is 0 Å². The number of primary amides is 1. The largest absolute Gasteiger partial charge is 0.351 e. The van der Waals surface area contributed by atoms with Gasteiger partial charge in [-0.15, -0.1) is 0 Å². The first-order valence-corrected chi connectivity index (χ1v) is 15.9. The van der Waals surface area contributed by atoms with Gasteiger partial charge in [0.1, 0.15) is 6.04 Å². The van der Waals surface area contributed by atoms with Crippen LogP contribution in [0.2, 0.25) is 5.02 Å². The van der Waals surface area contributed by atoms with Gasteiger partial charge in [-0.1, -0.05) is 23.7 Å². The Morgan fingerprint density at radius 2 is 1.80 bits per heavy atom. The topological polar surface area (TPSA) is 136 Å². The number of likely N-dealkylation sites (N-methyl/N-ethyl adjacent to an activating group) is 1. The Morgan fingerprint density at radius 3 is 2.59 bits per heavy atom. The van der Waals surface area contributed by atoms with Crippen LogP contribution in [0.25, 0.3) is 10.8 Å². The molecule has 3 saturated heterocycles. The summed E-state index contributed by atoms with van der Waals surface area (Å²) in [5, 5.41) is 2.05. The van der Waals surface area contributed by atoms with Crippen LogP contribution in [0.3, 0.4) is 0 Å². The lowest BCUT2D eigenvalue weighted by molar-refractivity contribution is -0.143. The summed E-state index contributed by atoms with van der Waals surface area (Å²) in [6.45, 7) is 3.22. The van der Waals surface area contributed by atoms with Gasteiger partial charge in [0.2, 0.25) is 21.8 Å². The zero-order valence-corrected chi connectivity index (χ0v) is 24.7. The van der Waals surface area contributed by atoms with Gasteiger partial charge in [0, 0.05) is 56.9 Å². The summed E-state index contributed by atoms with van der Waals surface area (Å²) >= 11 is 6.08. The lowest BCUT2D eigenvalue weighted by atomic mass is 10.1. The summed E-state index contributed by atoms with van der Waals surface area (Å²) in [7, 11) is -2.27. The lowest BCUT2D eigenvalue weighted by Crippen LogP contribution is -2.55. The van der Waals surface area contributed by atoms with Crippen LogP contribution in [0.5, 0.6) is 0 Å².